The van der Waals surface area contributed by atoms with Gasteiger partial charge in [-0.3, -0.25) is 9.80 Å². The summed E-state index contributed by atoms with van der Waals surface area (Å²) in [5, 5.41) is 0. The maximum Gasteiger partial charge on any atom is 0.203 e. The average molecular weight is 370 g/mol. The molecule has 0 saturated carbocycles. The summed E-state index contributed by atoms with van der Waals surface area (Å²) < 4.78 is 16.3. The predicted octanol–water partition coefficient (Wildman–Crippen LogP) is 3.34. The molecule has 0 amide bonds. The van der Waals surface area contributed by atoms with Crippen molar-refractivity contribution in [1.29, 1.82) is 0 Å². The summed E-state index contributed by atoms with van der Waals surface area (Å²) in [7, 11) is 4.95. The standard InChI is InChI=1S/C22H30N2O3/c1-17-5-7-18(8-6-17)15-23-9-11-24(12-10-23)16-19-13-20(25-2)22(27-4)21(14-19)26-3/h5-8,13-14H,9-12,15-16H2,1-4H3. The van der Waals surface area contributed by atoms with Crippen LogP contribution in [-0.4, -0.2) is 57.3 Å². The van der Waals surface area contributed by atoms with Gasteiger partial charge in [0.1, 0.15) is 0 Å². The number of aryl methyl sites for hydroxylation is 1. The summed E-state index contributed by atoms with van der Waals surface area (Å²) in [5.74, 6) is 2.07. The maximum absolute atomic E-state index is 5.47. The quantitative estimate of drug-likeness (QED) is 0.747. The van der Waals surface area contributed by atoms with Crippen LogP contribution in [0.25, 0.3) is 0 Å². The molecule has 0 unspecified atom stereocenters. The van der Waals surface area contributed by atoms with E-state index in [-0.39, 0.29) is 0 Å². The highest BCUT2D eigenvalue weighted by Crippen LogP contribution is 2.38. The number of benzene rings is 2. The summed E-state index contributed by atoms with van der Waals surface area (Å²) in [6.45, 7) is 8.32. The molecule has 0 radical (unpaired) electrons. The molecule has 1 aliphatic heterocycles. The third-order valence-corrected chi connectivity index (χ3v) is 5.12. The minimum Gasteiger partial charge on any atom is -0.493 e. The number of hydrogen-bond acceptors (Lipinski definition) is 5. The van der Waals surface area contributed by atoms with Crippen molar-refractivity contribution < 1.29 is 14.2 Å². The van der Waals surface area contributed by atoms with Crippen molar-refractivity contribution in [3.05, 3.63) is 53.1 Å². The Balaban J connectivity index is 1.58. The molecule has 1 heterocycles. The van der Waals surface area contributed by atoms with Crippen LogP contribution in [0.15, 0.2) is 36.4 Å². The van der Waals surface area contributed by atoms with E-state index in [4.69, 9.17) is 14.2 Å². The first-order valence-electron chi connectivity index (χ1n) is 9.42. The molecule has 5 heteroatoms. The Morgan fingerprint density at radius 1 is 0.704 bits per heavy atom. The third kappa shape index (κ3) is 4.93. The van der Waals surface area contributed by atoms with Crippen molar-refractivity contribution in [3.8, 4) is 17.2 Å². The molecule has 0 atom stereocenters. The summed E-state index contributed by atoms with van der Waals surface area (Å²) in [5.41, 5.74) is 3.88. The molecule has 0 spiro atoms. The van der Waals surface area contributed by atoms with Crippen molar-refractivity contribution in [3.63, 3.8) is 0 Å². The minimum atomic E-state index is 0.645. The van der Waals surface area contributed by atoms with Crippen molar-refractivity contribution in [2.75, 3.05) is 47.5 Å². The Morgan fingerprint density at radius 2 is 1.19 bits per heavy atom. The molecule has 2 aromatic rings. The van der Waals surface area contributed by atoms with Gasteiger partial charge in [0.2, 0.25) is 5.75 Å². The van der Waals surface area contributed by atoms with Crippen LogP contribution in [0.2, 0.25) is 0 Å². The zero-order valence-electron chi connectivity index (χ0n) is 16.8. The van der Waals surface area contributed by atoms with Gasteiger partial charge >= 0.3 is 0 Å². The Kier molecular flexibility index (Phi) is 6.58. The first-order chi connectivity index (χ1) is 13.1. The topological polar surface area (TPSA) is 34.2 Å². The molecule has 1 aliphatic rings. The number of rotatable bonds is 7. The molecule has 0 bridgehead atoms. The molecule has 5 nitrogen and oxygen atoms in total. The fourth-order valence-corrected chi connectivity index (χ4v) is 3.54. The highest BCUT2D eigenvalue weighted by atomic mass is 16.5. The van der Waals surface area contributed by atoms with Gasteiger partial charge in [-0.1, -0.05) is 29.8 Å². The second kappa shape index (κ2) is 9.11. The molecule has 0 aliphatic carbocycles. The van der Waals surface area contributed by atoms with Gasteiger partial charge in [0.25, 0.3) is 0 Å². The fourth-order valence-electron chi connectivity index (χ4n) is 3.54. The Morgan fingerprint density at radius 3 is 1.63 bits per heavy atom. The van der Waals surface area contributed by atoms with Crippen molar-refractivity contribution in [2.45, 2.75) is 20.0 Å². The summed E-state index contributed by atoms with van der Waals surface area (Å²) >= 11 is 0. The number of piperazine rings is 1. The number of ether oxygens (including phenoxy) is 3. The summed E-state index contributed by atoms with van der Waals surface area (Å²) in [4.78, 5) is 5.00. The van der Waals surface area contributed by atoms with Gasteiger partial charge in [0, 0.05) is 39.3 Å². The van der Waals surface area contributed by atoms with Gasteiger partial charge in [-0.15, -0.1) is 0 Å². The van der Waals surface area contributed by atoms with E-state index in [1.54, 1.807) is 21.3 Å². The van der Waals surface area contributed by atoms with Gasteiger partial charge in [-0.2, -0.15) is 0 Å². The van der Waals surface area contributed by atoms with E-state index < -0.39 is 0 Å². The lowest BCUT2D eigenvalue weighted by molar-refractivity contribution is 0.122. The third-order valence-electron chi connectivity index (χ3n) is 5.12. The van der Waals surface area contributed by atoms with E-state index in [0.717, 1.165) is 39.3 Å². The van der Waals surface area contributed by atoms with E-state index in [1.165, 1.54) is 16.7 Å². The molecule has 3 rings (SSSR count). The number of methoxy groups -OCH3 is 3. The van der Waals surface area contributed by atoms with Crippen LogP contribution in [0.5, 0.6) is 17.2 Å². The van der Waals surface area contributed by atoms with Gasteiger partial charge < -0.3 is 14.2 Å². The molecule has 1 fully saturated rings. The summed E-state index contributed by atoms with van der Waals surface area (Å²) in [6.07, 6.45) is 0. The van der Waals surface area contributed by atoms with Gasteiger partial charge in [0.05, 0.1) is 21.3 Å². The minimum absolute atomic E-state index is 0.645. The zero-order valence-corrected chi connectivity index (χ0v) is 16.8. The van der Waals surface area contributed by atoms with E-state index in [1.807, 2.05) is 12.1 Å². The van der Waals surface area contributed by atoms with Crippen molar-refractivity contribution in [2.24, 2.45) is 0 Å². The molecular formula is C22H30N2O3. The second-order valence-electron chi connectivity index (χ2n) is 7.07. The Hall–Kier alpha value is -2.24. The van der Waals surface area contributed by atoms with E-state index >= 15 is 0 Å². The zero-order chi connectivity index (χ0) is 19.2. The fraction of sp³-hybridized carbons (Fsp3) is 0.455. The molecule has 27 heavy (non-hydrogen) atoms. The van der Waals surface area contributed by atoms with Crippen molar-refractivity contribution in [1.82, 2.24) is 9.80 Å². The lowest BCUT2D eigenvalue weighted by atomic mass is 10.1. The monoisotopic (exact) mass is 370 g/mol. The molecule has 0 aromatic heterocycles. The van der Waals surface area contributed by atoms with E-state index in [9.17, 15) is 0 Å². The van der Waals surface area contributed by atoms with Crippen LogP contribution in [0.1, 0.15) is 16.7 Å². The lowest BCUT2D eigenvalue weighted by Gasteiger charge is -2.35. The number of hydrogen-bond donors (Lipinski definition) is 0. The van der Waals surface area contributed by atoms with E-state index in [2.05, 4.69) is 41.0 Å². The van der Waals surface area contributed by atoms with Gasteiger partial charge in [0.15, 0.2) is 11.5 Å². The molecular weight excluding hydrogens is 340 g/mol. The summed E-state index contributed by atoms with van der Waals surface area (Å²) in [6, 6.07) is 12.9. The van der Waals surface area contributed by atoms with Gasteiger partial charge in [-0.05, 0) is 30.2 Å². The normalized spacial score (nSPS) is 15.6. The average Bonchev–Trinajstić information content (AvgIpc) is 2.70. The highest BCUT2D eigenvalue weighted by Gasteiger charge is 2.19. The molecule has 146 valence electrons. The van der Waals surface area contributed by atoms with Crippen LogP contribution in [0, 0.1) is 6.92 Å². The first-order valence-corrected chi connectivity index (χ1v) is 9.42. The number of nitrogens with zero attached hydrogens (tertiary/aromatic N) is 2. The first kappa shape index (κ1) is 19.5. The lowest BCUT2D eigenvalue weighted by Crippen LogP contribution is -2.45. The maximum atomic E-state index is 5.47. The van der Waals surface area contributed by atoms with Gasteiger partial charge in [-0.25, -0.2) is 0 Å². The Bertz CT molecular complexity index is 713. The van der Waals surface area contributed by atoms with Crippen LogP contribution < -0.4 is 14.2 Å². The highest BCUT2D eigenvalue weighted by molar-refractivity contribution is 5.53. The smallest absolute Gasteiger partial charge is 0.203 e. The van der Waals surface area contributed by atoms with Crippen LogP contribution >= 0.6 is 0 Å². The second-order valence-corrected chi connectivity index (χ2v) is 7.07. The van der Waals surface area contributed by atoms with Crippen LogP contribution in [0.4, 0.5) is 0 Å². The molecule has 2 aromatic carbocycles. The van der Waals surface area contributed by atoms with Crippen molar-refractivity contribution >= 4 is 0 Å². The molecule has 1 saturated heterocycles. The van der Waals surface area contributed by atoms with Crippen LogP contribution in [0.3, 0.4) is 0 Å². The largest absolute Gasteiger partial charge is 0.493 e. The Labute approximate surface area is 162 Å². The SMILES string of the molecule is COc1cc(CN2CCN(Cc3ccc(C)cc3)CC2)cc(OC)c1OC. The van der Waals surface area contributed by atoms with Crippen LogP contribution in [-0.2, 0) is 13.1 Å². The predicted molar refractivity (Wildman–Crippen MR) is 108 cm³/mol. The molecule has 0 N–H and O–H groups in total. The van der Waals surface area contributed by atoms with E-state index in [0.29, 0.717) is 17.2 Å².